The zero-order valence-electron chi connectivity index (χ0n) is 16.3. The maximum atomic E-state index is 11.7. The molecule has 1 saturated heterocycles. The molecule has 162 valence electrons. The third-order valence-electron chi connectivity index (χ3n) is 5.27. The van der Waals surface area contributed by atoms with Gasteiger partial charge in [0, 0.05) is 24.5 Å². The van der Waals surface area contributed by atoms with Gasteiger partial charge in [-0.3, -0.25) is 4.79 Å². The number of hydrogen-bond acceptors (Lipinski definition) is 9. The predicted molar refractivity (Wildman–Crippen MR) is 120 cm³/mol. The third kappa shape index (κ3) is 4.36. The number of aryl methyl sites for hydroxylation is 1. The van der Waals surface area contributed by atoms with Gasteiger partial charge in [0.2, 0.25) is 0 Å². The summed E-state index contributed by atoms with van der Waals surface area (Å²) in [4.78, 5) is 20.0. The lowest BCUT2D eigenvalue weighted by Crippen LogP contribution is -2.42. The van der Waals surface area contributed by atoms with Crippen molar-refractivity contribution in [2.75, 3.05) is 23.7 Å². The van der Waals surface area contributed by atoms with Crippen LogP contribution in [0.15, 0.2) is 6.07 Å². The molecule has 1 aliphatic rings. The molecule has 0 radical (unpaired) electrons. The summed E-state index contributed by atoms with van der Waals surface area (Å²) in [5.41, 5.74) is 13.3. The van der Waals surface area contributed by atoms with E-state index in [0.717, 1.165) is 60.4 Å². The molecule has 1 amide bonds. The van der Waals surface area contributed by atoms with E-state index in [1.165, 1.54) is 11.3 Å². The molecule has 3 aromatic rings. The van der Waals surface area contributed by atoms with Gasteiger partial charge in [-0.25, -0.2) is 4.98 Å². The number of nitrogens with two attached hydrogens (primary N) is 2. The summed E-state index contributed by atoms with van der Waals surface area (Å²) in [5.74, 6) is 1.11. The molecular formula is C19H29N9OS. The lowest BCUT2D eigenvalue weighted by Gasteiger charge is -2.33. The molecule has 0 saturated carbocycles. The van der Waals surface area contributed by atoms with Gasteiger partial charge in [-0.2, -0.15) is 5.21 Å². The number of piperidine rings is 1. The highest BCUT2D eigenvalue weighted by Gasteiger charge is 2.23. The Morgan fingerprint density at radius 1 is 1.40 bits per heavy atom. The Balaban J connectivity index is 0.00000256. The van der Waals surface area contributed by atoms with Gasteiger partial charge >= 0.3 is 0 Å². The average Bonchev–Trinajstić information content (AvgIpc) is 3.35. The molecular weight excluding hydrogens is 402 g/mol. The molecule has 6 N–H and O–H groups in total. The molecule has 1 aliphatic heterocycles. The number of carbonyl (C=O) groups is 1. The Morgan fingerprint density at radius 3 is 2.80 bits per heavy atom. The van der Waals surface area contributed by atoms with Crippen molar-refractivity contribution in [1.29, 1.82) is 0 Å². The first kappa shape index (κ1) is 21.9. The highest BCUT2D eigenvalue weighted by Crippen LogP contribution is 2.37. The first-order chi connectivity index (χ1) is 14.1. The molecule has 0 atom stereocenters. The van der Waals surface area contributed by atoms with E-state index >= 15 is 0 Å². The number of tetrazole rings is 1. The Morgan fingerprint density at radius 2 is 2.17 bits per heavy atom. The number of aromatic nitrogens is 5. The summed E-state index contributed by atoms with van der Waals surface area (Å²) in [7, 11) is 0. The largest absolute Gasteiger partial charge is 0.397 e. The van der Waals surface area contributed by atoms with Crippen LogP contribution >= 0.6 is 11.3 Å². The lowest BCUT2D eigenvalue weighted by molar-refractivity contribution is 0.100. The highest BCUT2D eigenvalue weighted by atomic mass is 32.1. The number of H-pyrrole nitrogens is 1. The highest BCUT2D eigenvalue weighted by molar-refractivity contribution is 7.21. The second kappa shape index (κ2) is 9.35. The van der Waals surface area contributed by atoms with E-state index in [1.54, 1.807) is 0 Å². The van der Waals surface area contributed by atoms with Gasteiger partial charge in [-0.15, -0.1) is 21.5 Å². The van der Waals surface area contributed by atoms with E-state index in [1.807, 2.05) is 0 Å². The first-order valence-corrected chi connectivity index (χ1v) is 10.6. The van der Waals surface area contributed by atoms with Crippen LogP contribution < -0.4 is 21.7 Å². The second-order valence-electron chi connectivity index (χ2n) is 7.25. The minimum absolute atomic E-state index is 0. The van der Waals surface area contributed by atoms with E-state index < -0.39 is 5.91 Å². The maximum Gasteiger partial charge on any atom is 0.260 e. The molecule has 0 unspecified atom stereocenters. The molecule has 11 heteroatoms. The molecule has 0 bridgehead atoms. The SMILES string of the molecule is C.CCCc1cc(N2CCC(NCc3nn[nH]n3)CC2)nc2sc(C(N)=O)c(N)c12. The number of fused-ring (bicyclic) bond motifs is 1. The monoisotopic (exact) mass is 431 g/mol. The van der Waals surface area contributed by atoms with Gasteiger partial charge in [0.1, 0.15) is 15.5 Å². The van der Waals surface area contributed by atoms with Crippen LogP contribution in [0, 0.1) is 0 Å². The maximum absolute atomic E-state index is 11.7. The Hall–Kier alpha value is -2.79. The van der Waals surface area contributed by atoms with Gasteiger partial charge in [0.25, 0.3) is 5.91 Å². The van der Waals surface area contributed by atoms with Crippen LogP contribution in [-0.4, -0.2) is 50.6 Å². The first-order valence-electron chi connectivity index (χ1n) is 9.79. The van der Waals surface area contributed by atoms with E-state index in [2.05, 4.69) is 43.8 Å². The minimum Gasteiger partial charge on any atom is -0.397 e. The van der Waals surface area contributed by atoms with Crippen molar-refractivity contribution in [1.82, 2.24) is 30.9 Å². The van der Waals surface area contributed by atoms with Crippen LogP contribution in [0.2, 0.25) is 0 Å². The predicted octanol–water partition coefficient (Wildman–Crippen LogP) is 1.84. The third-order valence-corrected chi connectivity index (χ3v) is 6.38. The van der Waals surface area contributed by atoms with Crippen molar-refractivity contribution in [2.24, 2.45) is 5.73 Å². The summed E-state index contributed by atoms with van der Waals surface area (Å²) in [6, 6.07) is 2.52. The number of nitrogens with one attached hydrogen (secondary N) is 2. The zero-order valence-corrected chi connectivity index (χ0v) is 17.1. The van der Waals surface area contributed by atoms with Crippen LogP contribution in [-0.2, 0) is 13.0 Å². The normalized spacial score (nSPS) is 14.8. The fourth-order valence-corrected chi connectivity index (χ4v) is 4.79. The number of hydrogen-bond donors (Lipinski definition) is 4. The zero-order chi connectivity index (χ0) is 20.4. The number of primary amides is 1. The van der Waals surface area contributed by atoms with Crippen LogP contribution in [0.1, 0.15) is 54.7 Å². The van der Waals surface area contributed by atoms with Crippen molar-refractivity contribution in [3.05, 3.63) is 22.3 Å². The van der Waals surface area contributed by atoms with E-state index in [9.17, 15) is 4.79 Å². The number of thiophene rings is 1. The molecule has 4 rings (SSSR count). The second-order valence-corrected chi connectivity index (χ2v) is 8.25. The summed E-state index contributed by atoms with van der Waals surface area (Å²) < 4.78 is 0. The summed E-state index contributed by atoms with van der Waals surface area (Å²) in [5, 5.41) is 18.3. The molecule has 0 spiro atoms. The quantitative estimate of drug-likeness (QED) is 0.442. The topological polar surface area (TPSA) is 152 Å². The summed E-state index contributed by atoms with van der Waals surface area (Å²) >= 11 is 1.28. The molecule has 0 aliphatic carbocycles. The number of anilines is 2. The van der Waals surface area contributed by atoms with Crippen LogP contribution in [0.5, 0.6) is 0 Å². The fourth-order valence-electron chi connectivity index (χ4n) is 3.80. The number of pyridine rings is 1. The fraction of sp³-hybridized carbons (Fsp3) is 0.526. The van der Waals surface area contributed by atoms with Gasteiger partial charge in [0.15, 0.2) is 5.82 Å². The molecule has 4 heterocycles. The van der Waals surface area contributed by atoms with Gasteiger partial charge in [0.05, 0.1) is 12.2 Å². The summed E-state index contributed by atoms with van der Waals surface area (Å²) in [6.45, 7) is 4.54. The van der Waals surface area contributed by atoms with E-state index in [-0.39, 0.29) is 7.43 Å². The Kier molecular flexibility index (Phi) is 6.83. The molecule has 0 aromatic carbocycles. The van der Waals surface area contributed by atoms with Gasteiger partial charge in [-0.1, -0.05) is 26.0 Å². The number of aromatic amines is 1. The van der Waals surface area contributed by atoms with Crippen molar-refractivity contribution >= 4 is 39.0 Å². The number of nitrogens with zero attached hydrogens (tertiary/aromatic N) is 5. The minimum atomic E-state index is -0.497. The van der Waals surface area contributed by atoms with E-state index in [4.69, 9.17) is 16.5 Å². The van der Waals surface area contributed by atoms with E-state index in [0.29, 0.717) is 29.0 Å². The average molecular weight is 432 g/mol. The lowest BCUT2D eigenvalue weighted by atomic mass is 10.0. The molecule has 1 fully saturated rings. The van der Waals surface area contributed by atoms with Crippen LogP contribution in [0.25, 0.3) is 10.2 Å². The van der Waals surface area contributed by atoms with Gasteiger partial charge in [-0.05, 0) is 30.9 Å². The molecule has 10 nitrogen and oxygen atoms in total. The van der Waals surface area contributed by atoms with Crippen molar-refractivity contribution in [2.45, 2.75) is 52.6 Å². The number of rotatable bonds is 7. The van der Waals surface area contributed by atoms with Gasteiger partial charge < -0.3 is 21.7 Å². The number of amides is 1. The Bertz CT molecular complexity index is 993. The van der Waals surface area contributed by atoms with Crippen molar-refractivity contribution in [3.8, 4) is 0 Å². The molecule has 3 aromatic heterocycles. The van der Waals surface area contributed by atoms with Crippen molar-refractivity contribution < 1.29 is 4.79 Å². The van der Waals surface area contributed by atoms with Crippen LogP contribution in [0.4, 0.5) is 11.5 Å². The number of nitrogen functional groups attached to an aromatic ring is 1. The standard InChI is InChI=1S/C18H25N9OS.CH4/c1-2-3-10-8-13(22-18-14(10)15(19)16(29-18)17(20)28)27-6-4-11(5-7-27)21-9-12-23-25-26-24-12;/h8,11,21H,2-7,9,19H2,1H3,(H2,20,28)(H,23,24,25,26);1H4. The van der Waals surface area contributed by atoms with Crippen LogP contribution in [0.3, 0.4) is 0 Å². The Labute approximate surface area is 179 Å². The smallest absolute Gasteiger partial charge is 0.260 e. The summed E-state index contributed by atoms with van der Waals surface area (Å²) in [6.07, 6.45) is 3.87. The molecule has 30 heavy (non-hydrogen) atoms. The van der Waals surface area contributed by atoms with Crippen molar-refractivity contribution in [3.63, 3.8) is 0 Å². The number of carbonyl (C=O) groups excluding carboxylic acids is 1.